The molecule has 0 aliphatic carbocycles. The zero-order chi connectivity index (χ0) is 23.2. The predicted molar refractivity (Wildman–Crippen MR) is 128 cm³/mol. The van der Waals surface area contributed by atoms with E-state index in [9.17, 15) is 9.59 Å². The van der Waals surface area contributed by atoms with Crippen LogP contribution in [0.4, 0.5) is 0 Å². The van der Waals surface area contributed by atoms with Gasteiger partial charge in [-0.3, -0.25) is 9.59 Å². The topological polar surface area (TPSA) is 59.1 Å². The number of ether oxygens (including phenoxy) is 2. The van der Waals surface area contributed by atoms with Crippen LogP contribution in [0.1, 0.15) is 41.6 Å². The van der Waals surface area contributed by atoms with Crippen LogP contribution in [0.25, 0.3) is 0 Å². The van der Waals surface area contributed by atoms with E-state index in [1.807, 2.05) is 4.90 Å². The number of rotatable bonds is 6. The summed E-state index contributed by atoms with van der Waals surface area (Å²) in [5.74, 6) is 2.06. The molecule has 2 aliphatic rings. The van der Waals surface area contributed by atoms with Crippen LogP contribution < -0.4 is 9.47 Å². The van der Waals surface area contributed by atoms with Crippen molar-refractivity contribution >= 4 is 11.8 Å². The summed E-state index contributed by atoms with van der Waals surface area (Å²) in [5, 5.41) is 0. The largest absolute Gasteiger partial charge is 0.493 e. The van der Waals surface area contributed by atoms with Crippen molar-refractivity contribution in [1.29, 1.82) is 0 Å². The van der Waals surface area contributed by atoms with Crippen molar-refractivity contribution in [2.24, 2.45) is 11.8 Å². The summed E-state index contributed by atoms with van der Waals surface area (Å²) in [6.45, 7) is 2.91. The minimum absolute atomic E-state index is 0.0186. The lowest BCUT2D eigenvalue weighted by molar-refractivity contribution is -0.138. The highest BCUT2D eigenvalue weighted by molar-refractivity contribution is 5.95. The van der Waals surface area contributed by atoms with Gasteiger partial charge in [-0.25, -0.2) is 0 Å². The first kappa shape index (κ1) is 23.1. The van der Waals surface area contributed by atoms with E-state index in [-0.39, 0.29) is 17.7 Å². The lowest BCUT2D eigenvalue weighted by Gasteiger charge is -2.37. The molecule has 4 rings (SSSR count). The van der Waals surface area contributed by atoms with E-state index in [2.05, 4.69) is 35.2 Å². The zero-order valence-electron chi connectivity index (χ0n) is 19.7. The molecule has 6 heteroatoms. The molecule has 2 heterocycles. The summed E-state index contributed by atoms with van der Waals surface area (Å²) in [5.41, 5.74) is 1.96. The average Bonchev–Trinajstić information content (AvgIpc) is 2.88. The lowest BCUT2D eigenvalue weighted by atomic mass is 9.88. The number of hydrogen-bond acceptors (Lipinski definition) is 4. The molecule has 0 radical (unpaired) electrons. The SMILES string of the molecule is COc1ccc(C(=O)N2CCC(C(=O)N3CCC(Cc4ccccc4)CC3)CC2)cc1OC. The Morgan fingerprint density at radius 2 is 1.45 bits per heavy atom. The Morgan fingerprint density at radius 1 is 0.818 bits per heavy atom. The fraction of sp³-hybridized carbons (Fsp3) is 0.481. The molecule has 0 atom stereocenters. The number of benzene rings is 2. The maximum atomic E-state index is 13.1. The molecule has 0 unspecified atom stereocenters. The Bertz CT molecular complexity index is 946. The number of amides is 2. The van der Waals surface area contributed by atoms with Gasteiger partial charge in [-0.05, 0) is 61.8 Å². The van der Waals surface area contributed by atoms with Gasteiger partial charge in [0.05, 0.1) is 14.2 Å². The highest BCUT2D eigenvalue weighted by atomic mass is 16.5. The van der Waals surface area contributed by atoms with Gasteiger partial charge >= 0.3 is 0 Å². The van der Waals surface area contributed by atoms with E-state index in [4.69, 9.17) is 9.47 Å². The predicted octanol–water partition coefficient (Wildman–Crippen LogP) is 4.04. The minimum Gasteiger partial charge on any atom is -0.493 e. The second-order valence-electron chi connectivity index (χ2n) is 9.09. The van der Waals surface area contributed by atoms with Crippen LogP contribution in [0.15, 0.2) is 48.5 Å². The van der Waals surface area contributed by atoms with Crippen molar-refractivity contribution in [3.63, 3.8) is 0 Å². The van der Waals surface area contributed by atoms with Crippen molar-refractivity contribution in [1.82, 2.24) is 9.80 Å². The molecule has 2 aliphatic heterocycles. The third-order valence-electron chi connectivity index (χ3n) is 7.06. The standard InChI is InChI=1S/C27H34N2O4/c1-32-24-9-8-23(19-25(24)33-2)27(31)29-16-12-22(13-17-29)26(30)28-14-10-21(11-15-28)18-20-6-4-3-5-7-20/h3-9,19,21-22H,10-18H2,1-2H3. The first-order chi connectivity index (χ1) is 16.1. The molecule has 0 spiro atoms. The molecule has 0 saturated carbocycles. The van der Waals surface area contributed by atoms with Gasteiger partial charge in [-0.2, -0.15) is 0 Å². The summed E-state index contributed by atoms with van der Waals surface area (Å²) < 4.78 is 10.6. The molecule has 0 N–H and O–H groups in total. The van der Waals surface area contributed by atoms with Crippen LogP contribution in [0.5, 0.6) is 11.5 Å². The van der Waals surface area contributed by atoms with Gasteiger partial charge in [0.25, 0.3) is 5.91 Å². The second kappa shape index (κ2) is 10.7. The first-order valence-corrected chi connectivity index (χ1v) is 11.9. The average molecular weight is 451 g/mol. The van der Waals surface area contributed by atoms with E-state index >= 15 is 0 Å². The van der Waals surface area contributed by atoms with Crippen LogP contribution in [-0.4, -0.2) is 62.0 Å². The van der Waals surface area contributed by atoms with Gasteiger partial charge in [-0.1, -0.05) is 30.3 Å². The van der Waals surface area contributed by atoms with E-state index in [1.54, 1.807) is 32.4 Å². The van der Waals surface area contributed by atoms with Crippen LogP contribution in [-0.2, 0) is 11.2 Å². The van der Waals surface area contributed by atoms with Crippen molar-refractivity contribution in [3.05, 3.63) is 59.7 Å². The third kappa shape index (κ3) is 5.49. The molecule has 2 aromatic rings. The van der Waals surface area contributed by atoms with Gasteiger partial charge < -0.3 is 19.3 Å². The summed E-state index contributed by atoms with van der Waals surface area (Å²) in [6.07, 6.45) is 4.68. The Hall–Kier alpha value is -3.02. The van der Waals surface area contributed by atoms with Crippen molar-refractivity contribution in [2.45, 2.75) is 32.1 Å². The van der Waals surface area contributed by atoms with Crippen molar-refractivity contribution < 1.29 is 19.1 Å². The third-order valence-corrected chi connectivity index (χ3v) is 7.06. The smallest absolute Gasteiger partial charge is 0.253 e. The molecular weight excluding hydrogens is 416 g/mol. The molecule has 2 fully saturated rings. The summed E-state index contributed by atoms with van der Waals surface area (Å²) in [7, 11) is 3.14. The normalized spacial score (nSPS) is 17.6. The fourth-order valence-electron chi connectivity index (χ4n) is 5.04. The number of piperidine rings is 2. The van der Waals surface area contributed by atoms with Gasteiger partial charge in [0, 0.05) is 37.7 Å². The number of nitrogens with zero attached hydrogens (tertiary/aromatic N) is 2. The number of methoxy groups -OCH3 is 2. The molecule has 176 valence electrons. The monoisotopic (exact) mass is 450 g/mol. The van der Waals surface area contributed by atoms with Crippen LogP contribution >= 0.6 is 0 Å². The lowest BCUT2D eigenvalue weighted by Crippen LogP contribution is -2.46. The van der Waals surface area contributed by atoms with Gasteiger partial charge in [0.2, 0.25) is 5.91 Å². The highest BCUT2D eigenvalue weighted by Crippen LogP contribution is 2.30. The Balaban J connectivity index is 1.26. The summed E-state index contributed by atoms with van der Waals surface area (Å²) in [6, 6.07) is 15.9. The molecule has 2 saturated heterocycles. The molecule has 2 amide bonds. The van der Waals surface area contributed by atoms with Crippen LogP contribution in [0, 0.1) is 11.8 Å². The van der Waals surface area contributed by atoms with Crippen molar-refractivity contribution in [2.75, 3.05) is 40.4 Å². The summed E-state index contributed by atoms with van der Waals surface area (Å²) >= 11 is 0. The Labute approximate surface area is 196 Å². The molecule has 33 heavy (non-hydrogen) atoms. The number of carbonyl (C=O) groups is 2. The fourth-order valence-corrected chi connectivity index (χ4v) is 5.04. The maximum Gasteiger partial charge on any atom is 0.253 e. The molecule has 0 aromatic heterocycles. The minimum atomic E-state index is -0.0245. The quantitative estimate of drug-likeness (QED) is 0.667. The van der Waals surface area contributed by atoms with Gasteiger partial charge in [-0.15, -0.1) is 0 Å². The number of likely N-dealkylation sites (tertiary alicyclic amines) is 2. The van der Waals surface area contributed by atoms with E-state index < -0.39 is 0 Å². The van der Waals surface area contributed by atoms with Crippen LogP contribution in [0.3, 0.4) is 0 Å². The Kier molecular flexibility index (Phi) is 7.53. The van der Waals surface area contributed by atoms with E-state index in [1.165, 1.54) is 5.56 Å². The van der Waals surface area contributed by atoms with Crippen LogP contribution in [0.2, 0.25) is 0 Å². The number of carbonyl (C=O) groups excluding carboxylic acids is 2. The van der Waals surface area contributed by atoms with Crippen molar-refractivity contribution in [3.8, 4) is 11.5 Å². The number of hydrogen-bond donors (Lipinski definition) is 0. The first-order valence-electron chi connectivity index (χ1n) is 11.9. The molecule has 6 nitrogen and oxygen atoms in total. The molecule has 2 aromatic carbocycles. The van der Waals surface area contributed by atoms with E-state index in [0.29, 0.717) is 36.1 Å². The molecular formula is C27H34N2O4. The molecule has 0 bridgehead atoms. The Morgan fingerprint density at radius 3 is 2.09 bits per heavy atom. The van der Waals surface area contributed by atoms with Gasteiger partial charge in [0.15, 0.2) is 11.5 Å². The summed E-state index contributed by atoms with van der Waals surface area (Å²) in [4.78, 5) is 30.0. The highest BCUT2D eigenvalue weighted by Gasteiger charge is 2.32. The van der Waals surface area contributed by atoms with Gasteiger partial charge in [0.1, 0.15) is 0 Å². The van der Waals surface area contributed by atoms with E-state index in [0.717, 1.165) is 45.2 Å². The maximum absolute atomic E-state index is 13.1. The zero-order valence-corrected chi connectivity index (χ0v) is 19.7. The second-order valence-corrected chi connectivity index (χ2v) is 9.09.